The number of hydrogen-bond acceptors (Lipinski definition) is 5. The van der Waals surface area contributed by atoms with Crippen LogP contribution in [0.2, 0.25) is 0 Å². The van der Waals surface area contributed by atoms with E-state index in [1.54, 1.807) is 29.5 Å². The summed E-state index contributed by atoms with van der Waals surface area (Å²) < 4.78 is 10.9. The Kier molecular flexibility index (Phi) is 3.79. The molecule has 0 aliphatic carbocycles. The molecule has 21 heavy (non-hydrogen) atoms. The van der Waals surface area contributed by atoms with Crippen LogP contribution in [0.1, 0.15) is 34.0 Å². The smallest absolute Gasteiger partial charge is 0.251 e. The number of aryl methyl sites for hydroxylation is 1. The summed E-state index contributed by atoms with van der Waals surface area (Å²) >= 11 is 1.58. The van der Waals surface area contributed by atoms with Crippen molar-refractivity contribution in [1.29, 1.82) is 0 Å². The minimum Gasteiger partial charge on any atom is -0.486 e. The molecule has 0 bridgehead atoms. The predicted molar refractivity (Wildman–Crippen MR) is 80.2 cm³/mol. The number of aromatic nitrogens is 1. The van der Waals surface area contributed by atoms with Crippen LogP contribution in [-0.2, 0) is 0 Å². The molecule has 110 valence electrons. The lowest BCUT2D eigenvalue weighted by molar-refractivity contribution is 0.0938. The van der Waals surface area contributed by atoms with Crippen LogP contribution in [0.15, 0.2) is 23.6 Å². The number of rotatable bonds is 3. The molecule has 2 heterocycles. The van der Waals surface area contributed by atoms with Gasteiger partial charge in [0.2, 0.25) is 0 Å². The Morgan fingerprint density at radius 3 is 2.81 bits per heavy atom. The van der Waals surface area contributed by atoms with E-state index in [2.05, 4.69) is 10.3 Å². The lowest BCUT2D eigenvalue weighted by Gasteiger charge is -2.19. The number of carbonyl (C=O) groups excluding carboxylic acids is 1. The zero-order valence-electron chi connectivity index (χ0n) is 11.9. The normalized spacial score (nSPS) is 14.6. The Hall–Kier alpha value is -2.08. The third-order valence-corrected chi connectivity index (χ3v) is 4.02. The summed E-state index contributed by atoms with van der Waals surface area (Å²) in [6.07, 6.45) is 0. The van der Waals surface area contributed by atoms with E-state index < -0.39 is 0 Å². The fraction of sp³-hybridized carbons (Fsp3) is 0.333. The van der Waals surface area contributed by atoms with Crippen molar-refractivity contribution in [3.8, 4) is 11.5 Å². The van der Waals surface area contributed by atoms with Gasteiger partial charge in [-0.05, 0) is 32.0 Å². The van der Waals surface area contributed by atoms with Crippen molar-refractivity contribution in [3.05, 3.63) is 39.8 Å². The first-order valence-corrected chi connectivity index (χ1v) is 7.64. The molecule has 0 radical (unpaired) electrons. The molecule has 1 aliphatic heterocycles. The van der Waals surface area contributed by atoms with Crippen molar-refractivity contribution in [2.24, 2.45) is 0 Å². The van der Waals surface area contributed by atoms with Gasteiger partial charge in [-0.3, -0.25) is 4.79 Å². The molecular formula is C15H16N2O3S. The molecule has 1 amide bonds. The third kappa shape index (κ3) is 3.00. The van der Waals surface area contributed by atoms with E-state index in [-0.39, 0.29) is 11.9 Å². The summed E-state index contributed by atoms with van der Waals surface area (Å²) in [7, 11) is 0. The molecule has 2 aromatic rings. The Labute approximate surface area is 126 Å². The topological polar surface area (TPSA) is 60.5 Å². The molecule has 0 saturated heterocycles. The van der Waals surface area contributed by atoms with Crippen molar-refractivity contribution >= 4 is 17.2 Å². The molecular weight excluding hydrogens is 288 g/mol. The van der Waals surface area contributed by atoms with E-state index in [0.29, 0.717) is 30.3 Å². The number of benzene rings is 1. The highest BCUT2D eigenvalue weighted by molar-refractivity contribution is 7.09. The van der Waals surface area contributed by atoms with Gasteiger partial charge in [0, 0.05) is 10.9 Å². The zero-order valence-corrected chi connectivity index (χ0v) is 12.7. The number of ether oxygens (including phenoxy) is 2. The summed E-state index contributed by atoms with van der Waals surface area (Å²) in [6, 6.07) is 5.09. The van der Waals surface area contributed by atoms with Crippen LogP contribution < -0.4 is 14.8 Å². The Morgan fingerprint density at radius 2 is 2.10 bits per heavy atom. The van der Waals surface area contributed by atoms with Crippen LogP contribution >= 0.6 is 11.3 Å². The maximum absolute atomic E-state index is 12.3. The quantitative estimate of drug-likeness (QED) is 0.947. The van der Waals surface area contributed by atoms with Gasteiger partial charge in [-0.25, -0.2) is 4.98 Å². The van der Waals surface area contributed by atoms with Crippen LogP contribution in [0, 0.1) is 6.92 Å². The second kappa shape index (κ2) is 5.73. The molecule has 1 N–H and O–H groups in total. The highest BCUT2D eigenvalue weighted by atomic mass is 32.1. The standard InChI is InChI=1S/C15H16N2O3S/c1-9(12-8-21-10(2)17-12)16-15(18)11-3-4-13-14(7-11)20-6-5-19-13/h3-4,7-9H,5-6H2,1-2H3,(H,16,18)/t9-/m1/s1. The zero-order chi connectivity index (χ0) is 14.8. The van der Waals surface area contributed by atoms with Crippen molar-refractivity contribution < 1.29 is 14.3 Å². The first kappa shape index (κ1) is 13.9. The third-order valence-electron chi connectivity index (χ3n) is 3.23. The van der Waals surface area contributed by atoms with Gasteiger partial charge < -0.3 is 14.8 Å². The van der Waals surface area contributed by atoms with Crippen molar-refractivity contribution in [1.82, 2.24) is 10.3 Å². The van der Waals surface area contributed by atoms with Gasteiger partial charge >= 0.3 is 0 Å². The van der Waals surface area contributed by atoms with Crippen molar-refractivity contribution in [3.63, 3.8) is 0 Å². The Balaban J connectivity index is 1.73. The highest BCUT2D eigenvalue weighted by Crippen LogP contribution is 2.30. The maximum Gasteiger partial charge on any atom is 0.251 e. The highest BCUT2D eigenvalue weighted by Gasteiger charge is 2.17. The van der Waals surface area contributed by atoms with Crippen LogP contribution in [0.3, 0.4) is 0 Å². The van der Waals surface area contributed by atoms with Gasteiger partial charge in [0.15, 0.2) is 11.5 Å². The molecule has 5 nitrogen and oxygen atoms in total. The second-order valence-electron chi connectivity index (χ2n) is 4.84. The molecule has 0 fully saturated rings. The van der Waals surface area contributed by atoms with Crippen LogP contribution in [0.25, 0.3) is 0 Å². The summed E-state index contributed by atoms with van der Waals surface area (Å²) in [5.74, 6) is 1.15. The number of carbonyl (C=O) groups is 1. The first-order chi connectivity index (χ1) is 10.1. The van der Waals surface area contributed by atoms with E-state index in [1.165, 1.54) is 0 Å². The largest absolute Gasteiger partial charge is 0.486 e. The number of fused-ring (bicyclic) bond motifs is 1. The van der Waals surface area contributed by atoms with Gasteiger partial charge in [0.25, 0.3) is 5.91 Å². The van der Waals surface area contributed by atoms with Gasteiger partial charge in [-0.1, -0.05) is 0 Å². The predicted octanol–water partition coefficient (Wildman–Crippen LogP) is 2.71. The number of amides is 1. The SMILES string of the molecule is Cc1nc([C@@H](C)NC(=O)c2ccc3c(c2)OCCO3)cs1. The summed E-state index contributed by atoms with van der Waals surface area (Å²) in [5, 5.41) is 5.89. The van der Waals surface area contributed by atoms with E-state index in [9.17, 15) is 4.79 Å². The summed E-state index contributed by atoms with van der Waals surface area (Å²) in [5.41, 5.74) is 1.43. The second-order valence-corrected chi connectivity index (χ2v) is 5.91. The molecule has 1 aromatic heterocycles. The number of thiazole rings is 1. The Bertz CT molecular complexity index is 669. The van der Waals surface area contributed by atoms with Gasteiger partial charge in [-0.15, -0.1) is 11.3 Å². The van der Waals surface area contributed by atoms with Crippen LogP contribution in [0.4, 0.5) is 0 Å². The fourth-order valence-corrected chi connectivity index (χ4v) is 2.82. The van der Waals surface area contributed by atoms with Gasteiger partial charge in [-0.2, -0.15) is 0 Å². The first-order valence-electron chi connectivity index (χ1n) is 6.76. The van der Waals surface area contributed by atoms with Crippen molar-refractivity contribution in [2.45, 2.75) is 19.9 Å². The van der Waals surface area contributed by atoms with Gasteiger partial charge in [0.05, 0.1) is 16.7 Å². The Morgan fingerprint density at radius 1 is 1.33 bits per heavy atom. The number of nitrogens with zero attached hydrogens (tertiary/aromatic N) is 1. The van der Waals surface area contributed by atoms with Crippen LogP contribution in [-0.4, -0.2) is 24.1 Å². The van der Waals surface area contributed by atoms with E-state index in [0.717, 1.165) is 10.7 Å². The van der Waals surface area contributed by atoms with Gasteiger partial charge in [0.1, 0.15) is 13.2 Å². The molecule has 0 unspecified atom stereocenters. The van der Waals surface area contributed by atoms with E-state index >= 15 is 0 Å². The van der Waals surface area contributed by atoms with Crippen LogP contribution in [0.5, 0.6) is 11.5 Å². The fourth-order valence-electron chi connectivity index (χ4n) is 2.12. The average Bonchev–Trinajstić information content (AvgIpc) is 2.93. The number of nitrogens with one attached hydrogen (secondary N) is 1. The minimum atomic E-state index is -0.148. The number of hydrogen-bond donors (Lipinski definition) is 1. The summed E-state index contributed by atoms with van der Waals surface area (Å²) in [4.78, 5) is 16.7. The molecule has 0 spiro atoms. The lowest BCUT2D eigenvalue weighted by atomic mass is 10.1. The van der Waals surface area contributed by atoms with Crippen molar-refractivity contribution in [2.75, 3.05) is 13.2 Å². The maximum atomic E-state index is 12.3. The average molecular weight is 304 g/mol. The minimum absolute atomic E-state index is 0.129. The van der Waals surface area contributed by atoms with E-state index in [1.807, 2.05) is 19.2 Å². The molecule has 1 aromatic carbocycles. The molecule has 6 heteroatoms. The monoisotopic (exact) mass is 304 g/mol. The lowest BCUT2D eigenvalue weighted by Crippen LogP contribution is -2.27. The molecule has 0 saturated carbocycles. The van der Waals surface area contributed by atoms with E-state index in [4.69, 9.17) is 9.47 Å². The molecule has 3 rings (SSSR count). The molecule has 1 atom stereocenters. The summed E-state index contributed by atoms with van der Waals surface area (Å²) in [6.45, 7) is 4.92. The molecule has 1 aliphatic rings.